The lowest BCUT2D eigenvalue weighted by molar-refractivity contribution is -0.156. The number of nitrogens with zero attached hydrogens (tertiary/aromatic N) is 4. The minimum atomic E-state index is -4.66. The summed E-state index contributed by atoms with van der Waals surface area (Å²) in [5.41, 5.74) is -0.404. The van der Waals surface area contributed by atoms with Gasteiger partial charge >= 0.3 is 6.18 Å². The zero-order chi connectivity index (χ0) is 17.9. The Morgan fingerprint density at radius 2 is 2.00 bits per heavy atom. The second-order valence-electron chi connectivity index (χ2n) is 6.08. The molecule has 6 nitrogen and oxygen atoms in total. The summed E-state index contributed by atoms with van der Waals surface area (Å²) in [5.74, 6) is -0.921. The van der Waals surface area contributed by atoms with Crippen LogP contribution in [0.5, 0.6) is 0 Å². The monoisotopic (exact) mass is 353 g/mol. The summed E-state index contributed by atoms with van der Waals surface area (Å²) in [6.07, 6.45) is 3.17. The first-order chi connectivity index (χ1) is 11.9. The fourth-order valence-electron chi connectivity index (χ4n) is 2.98. The number of carbonyl (C=O) groups is 1. The van der Waals surface area contributed by atoms with Gasteiger partial charge in [0.25, 0.3) is 5.91 Å². The van der Waals surface area contributed by atoms with Gasteiger partial charge in [-0.05, 0) is 25.0 Å². The van der Waals surface area contributed by atoms with E-state index in [2.05, 4.69) is 15.3 Å². The van der Waals surface area contributed by atoms with Crippen LogP contribution in [0, 0.1) is 0 Å². The van der Waals surface area contributed by atoms with Crippen molar-refractivity contribution in [3.63, 3.8) is 0 Å². The van der Waals surface area contributed by atoms with Gasteiger partial charge in [0, 0.05) is 6.20 Å². The van der Waals surface area contributed by atoms with Crippen molar-refractivity contribution in [2.24, 2.45) is 0 Å². The molecule has 9 heteroatoms. The van der Waals surface area contributed by atoms with Gasteiger partial charge in [-0.25, -0.2) is 4.68 Å². The summed E-state index contributed by atoms with van der Waals surface area (Å²) in [4.78, 5) is 15.9. The number of carbonyl (C=O) groups excluding carboxylic acids is 1. The summed E-state index contributed by atoms with van der Waals surface area (Å²) < 4.78 is 41.4. The molecule has 0 bridgehead atoms. The van der Waals surface area contributed by atoms with E-state index in [0.29, 0.717) is 0 Å². The minimum absolute atomic E-state index is 0.129. The van der Waals surface area contributed by atoms with E-state index in [4.69, 9.17) is 0 Å². The molecule has 0 aromatic carbocycles. The van der Waals surface area contributed by atoms with Crippen LogP contribution in [-0.2, 0) is 0 Å². The Morgan fingerprint density at radius 1 is 1.24 bits per heavy atom. The fourth-order valence-corrected chi connectivity index (χ4v) is 2.98. The van der Waals surface area contributed by atoms with Gasteiger partial charge in [-0.3, -0.25) is 9.78 Å². The molecule has 134 valence electrons. The molecule has 0 aliphatic heterocycles. The molecule has 0 saturated heterocycles. The van der Waals surface area contributed by atoms with Crippen LogP contribution in [0.15, 0.2) is 30.6 Å². The quantitative estimate of drug-likeness (QED) is 0.916. The zero-order valence-corrected chi connectivity index (χ0v) is 13.4. The van der Waals surface area contributed by atoms with E-state index in [1.165, 1.54) is 30.6 Å². The van der Waals surface area contributed by atoms with Crippen molar-refractivity contribution in [2.75, 3.05) is 0 Å². The number of alkyl halides is 3. The third-order valence-corrected chi connectivity index (χ3v) is 4.28. The lowest BCUT2D eigenvalue weighted by atomic mass is 9.96. The predicted molar refractivity (Wildman–Crippen MR) is 82.6 cm³/mol. The van der Waals surface area contributed by atoms with Gasteiger partial charge in [0.15, 0.2) is 11.7 Å². The Balaban J connectivity index is 1.74. The van der Waals surface area contributed by atoms with E-state index in [9.17, 15) is 18.0 Å². The molecule has 0 unspecified atom stereocenters. The van der Waals surface area contributed by atoms with Crippen LogP contribution in [0.3, 0.4) is 0 Å². The SMILES string of the molecule is O=C(N[C@H](c1ccccn1)C(F)(F)F)c1cn(C2CCCCC2)nn1. The third kappa shape index (κ3) is 4.15. The molecule has 1 N–H and O–H groups in total. The highest BCUT2D eigenvalue weighted by Gasteiger charge is 2.43. The number of hydrogen-bond acceptors (Lipinski definition) is 4. The highest BCUT2D eigenvalue weighted by atomic mass is 19.4. The lowest BCUT2D eigenvalue weighted by Gasteiger charge is -2.21. The molecular weight excluding hydrogens is 335 g/mol. The third-order valence-electron chi connectivity index (χ3n) is 4.28. The molecule has 2 heterocycles. The number of aromatic nitrogens is 4. The van der Waals surface area contributed by atoms with Gasteiger partial charge in [-0.2, -0.15) is 13.2 Å². The largest absolute Gasteiger partial charge is 0.414 e. The summed E-state index contributed by atoms with van der Waals surface area (Å²) in [5, 5.41) is 9.61. The standard InChI is InChI=1S/C16H18F3N5O/c17-16(18,19)14(12-8-4-5-9-20-12)21-15(25)13-10-24(23-22-13)11-6-2-1-3-7-11/h4-5,8-11,14H,1-3,6-7H2,(H,21,25)/t14-/m1/s1. The molecule has 1 saturated carbocycles. The van der Waals surface area contributed by atoms with Crippen LogP contribution in [0.1, 0.15) is 60.4 Å². The Morgan fingerprint density at radius 3 is 2.64 bits per heavy atom. The maximum Gasteiger partial charge on any atom is 0.414 e. The molecule has 0 spiro atoms. The van der Waals surface area contributed by atoms with E-state index in [0.717, 1.165) is 32.1 Å². The number of amides is 1. The minimum Gasteiger partial charge on any atom is -0.334 e. The van der Waals surface area contributed by atoms with Crippen molar-refractivity contribution in [3.05, 3.63) is 42.0 Å². The van der Waals surface area contributed by atoms with Gasteiger partial charge in [-0.1, -0.05) is 30.5 Å². The average molecular weight is 353 g/mol. The summed E-state index contributed by atoms with van der Waals surface area (Å²) in [6.45, 7) is 0. The smallest absolute Gasteiger partial charge is 0.334 e. The van der Waals surface area contributed by atoms with Gasteiger partial charge in [0.05, 0.1) is 17.9 Å². The van der Waals surface area contributed by atoms with Gasteiger partial charge in [0.1, 0.15) is 0 Å². The number of hydrogen-bond donors (Lipinski definition) is 1. The molecule has 1 amide bonds. The first-order valence-electron chi connectivity index (χ1n) is 8.15. The number of halogens is 3. The van der Waals surface area contributed by atoms with Crippen LogP contribution < -0.4 is 5.32 Å². The zero-order valence-electron chi connectivity index (χ0n) is 13.4. The first kappa shape index (κ1) is 17.4. The van der Waals surface area contributed by atoms with Crippen molar-refractivity contribution >= 4 is 5.91 Å². The molecule has 0 radical (unpaired) electrons. The van der Waals surface area contributed by atoms with E-state index < -0.39 is 18.1 Å². The van der Waals surface area contributed by atoms with Crippen LogP contribution in [0.25, 0.3) is 0 Å². The molecule has 1 fully saturated rings. The molecule has 1 aliphatic rings. The van der Waals surface area contributed by atoms with Crippen molar-refractivity contribution in [1.29, 1.82) is 0 Å². The van der Waals surface area contributed by atoms with Crippen LogP contribution in [0.2, 0.25) is 0 Å². The predicted octanol–water partition coefficient (Wildman–Crippen LogP) is 3.21. The Labute approximate surface area is 142 Å². The topological polar surface area (TPSA) is 72.7 Å². The van der Waals surface area contributed by atoms with Gasteiger partial charge in [0.2, 0.25) is 0 Å². The highest BCUT2D eigenvalue weighted by Crippen LogP contribution is 2.32. The number of nitrogens with one attached hydrogen (secondary N) is 1. The highest BCUT2D eigenvalue weighted by molar-refractivity contribution is 5.92. The summed E-state index contributed by atoms with van der Waals surface area (Å²) >= 11 is 0. The van der Waals surface area contributed by atoms with Crippen LogP contribution in [0.4, 0.5) is 13.2 Å². The van der Waals surface area contributed by atoms with E-state index in [1.54, 1.807) is 4.68 Å². The molecular formula is C16H18F3N5O. The van der Waals surface area contributed by atoms with E-state index in [1.807, 2.05) is 5.32 Å². The lowest BCUT2D eigenvalue weighted by Crippen LogP contribution is -2.38. The van der Waals surface area contributed by atoms with E-state index in [-0.39, 0.29) is 17.4 Å². The van der Waals surface area contributed by atoms with E-state index >= 15 is 0 Å². The summed E-state index contributed by atoms with van der Waals surface area (Å²) in [7, 11) is 0. The maximum absolute atomic E-state index is 13.3. The second kappa shape index (κ2) is 7.20. The molecule has 2 aromatic heterocycles. The van der Waals surface area contributed by atoms with Crippen LogP contribution >= 0.6 is 0 Å². The fraction of sp³-hybridized carbons (Fsp3) is 0.500. The number of rotatable bonds is 4. The molecule has 25 heavy (non-hydrogen) atoms. The second-order valence-corrected chi connectivity index (χ2v) is 6.08. The summed E-state index contributed by atoms with van der Waals surface area (Å²) in [6, 6.07) is 2.12. The maximum atomic E-state index is 13.3. The van der Waals surface area contributed by atoms with Crippen molar-refractivity contribution < 1.29 is 18.0 Å². The Hall–Kier alpha value is -2.45. The van der Waals surface area contributed by atoms with Crippen LogP contribution in [-0.4, -0.2) is 32.1 Å². The average Bonchev–Trinajstić information content (AvgIpc) is 3.10. The van der Waals surface area contributed by atoms with Gasteiger partial charge < -0.3 is 5.32 Å². The van der Waals surface area contributed by atoms with Crippen molar-refractivity contribution in [2.45, 2.75) is 50.4 Å². The molecule has 1 atom stereocenters. The van der Waals surface area contributed by atoms with Crippen molar-refractivity contribution in [3.8, 4) is 0 Å². The Bertz CT molecular complexity index is 710. The number of pyridine rings is 1. The molecule has 2 aromatic rings. The molecule has 1 aliphatic carbocycles. The normalized spacial score (nSPS) is 17.2. The van der Waals surface area contributed by atoms with Crippen molar-refractivity contribution in [1.82, 2.24) is 25.3 Å². The first-order valence-corrected chi connectivity index (χ1v) is 8.15. The van der Waals surface area contributed by atoms with Gasteiger partial charge in [-0.15, -0.1) is 5.10 Å². The molecule has 3 rings (SSSR count). The Kier molecular flexibility index (Phi) is 5.00.